The number of nitrogens with zero attached hydrogens (tertiary/aromatic N) is 2. The summed E-state index contributed by atoms with van der Waals surface area (Å²) in [6, 6.07) is 0. The minimum Gasteiger partial charge on any atom is -0.370 e. The molecule has 0 aliphatic heterocycles. The summed E-state index contributed by atoms with van der Waals surface area (Å²) >= 11 is 0. The normalized spacial score (nSPS) is 14.3. The number of guanidine groups is 2. The van der Waals surface area contributed by atoms with Gasteiger partial charge < -0.3 is 16.4 Å². The molecule has 0 saturated carbocycles. The van der Waals surface area contributed by atoms with Crippen LogP contribution in [0.1, 0.15) is 13.3 Å². The zero-order chi connectivity index (χ0) is 11.4. The maximum absolute atomic E-state index is 7.57. The summed E-state index contributed by atoms with van der Waals surface area (Å²) in [5.74, 6) is -0.00664. The lowest BCUT2D eigenvalue weighted by Gasteiger charge is -2.16. The molecule has 0 bridgehead atoms. The highest BCUT2D eigenvalue weighted by Gasteiger charge is 2.08. The lowest BCUT2D eigenvalue weighted by atomic mass is 10.2. The Bertz CT molecular complexity index is 347. The second-order valence-electron chi connectivity index (χ2n) is 3.69. The third-order valence-electron chi connectivity index (χ3n) is 2.13. The highest BCUT2D eigenvalue weighted by atomic mass is 15.2. The van der Waals surface area contributed by atoms with Crippen LogP contribution in [0.5, 0.6) is 0 Å². The standard InChI is InChI=1S/C10H17N5/c1-7-3-4-8(5-7)6-15(2)10(13)14-9(11)12/h4-5H,3,6H2,1-2H3,(H5,11,12,13,14). The molecule has 5 heteroatoms. The van der Waals surface area contributed by atoms with Crippen molar-refractivity contribution in [2.75, 3.05) is 13.6 Å². The minimum atomic E-state index is -0.0843. The fraction of sp³-hybridized carbons (Fsp3) is 0.400. The van der Waals surface area contributed by atoms with Gasteiger partial charge >= 0.3 is 0 Å². The lowest BCUT2D eigenvalue weighted by Crippen LogP contribution is -2.31. The van der Waals surface area contributed by atoms with E-state index in [0.29, 0.717) is 6.54 Å². The molecule has 0 heterocycles. The van der Waals surface area contributed by atoms with Crippen molar-refractivity contribution in [1.82, 2.24) is 4.90 Å². The molecule has 1 aliphatic carbocycles. The van der Waals surface area contributed by atoms with E-state index in [1.54, 1.807) is 11.9 Å². The topological polar surface area (TPSA) is 91.5 Å². The lowest BCUT2D eigenvalue weighted by molar-refractivity contribution is 0.544. The van der Waals surface area contributed by atoms with E-state index in [1.165, 1.54) is 11.1 Å². The second kappa shape index (κ2) is 4.63. The van der Waals surface area contributed by atoms with Crippen molar-refractivity contribution >= 4 is 11.9 Å². The highest BCUT2D eigenvalue weighted by molar-refractivity contribution is 5.91. The van der Waals surface area contributed by atoms with Crippen LogP contribution in [0.2, 0.25) is 0 Å². The van der Waals surface area contributed by atoms with E-state index in [2.05, 4.69) is 24.1 Å². The predicted octanol–water partition coefficient (Wildman–Crippen LogP) is 0.403. The van der Waals surface area contributed by atoms with Gasteiger partial charge in [-0.2, -0.15) is 4.99 Å². The van der Waals surface area contributed by atoms with Gasteiger partial charge in [0, 0.05) is 13.6 Å². The molecule has 0 saturated heterocycles. The molecule has 0 unspecified atom stereocenters. The van der Waals surface area contributed by atoms with Crippen LogP contribution in [-0.4, -0.2) is 30.4 Å². The zero-order valence-corrected chi connectivity index (χ0v) is 9.12. The third-order valence-corrected chi connectivity index (χ3v) is 2.13. The summed E-state index contributed by atoms with van der Waals surface area (Å²) in [6.07, 6.45) is 5.27. The van der Waals surface area contributed by atoms with E-state index < -0.39 is 0 Å². The van der Waals surface area contributed by atoms with Crippen molar-refractivity contribution in [3.05, 3.63) is 23.3 Å². The number of rotatable bonds is 2. The fourth-order valence-corrected chi connectivity index (χ4v) is 1.39. The van der Waals surface area contributed by atoms with Gasteiger partial charge in [-0.05, 0) is 18.9 Å². The zero-order valence-electron chi connectivity index (χ0n) is 9.12. The van der Waals surface area contributed by atoms with Crippen LogP contribution in [0.3, 0.4) is 0 Å². The van der Waals surface area contributed by atoms with E-state index in [1.807, 2.05) is 0 Å². The number of hydrogen-bond acceptors (Lipinski definition) is 1. The SMILES string of the molecule is CC1=CC(CN(C)C(=N)N=C(N)N)=CC1. The van der Waals surface area contributed by atoms with Crippen molar-refractivity contribution in [3.63, 3.8) is 0 Å². The maximum atomic E-state index is 7.57. The average molecular weight is 207 g/mol. The van der Waals surface area contributed by atoms with Gasteiger partial charge in [0.15, 0.2) is 5.96 Å². The van der Waals surface area contributed by atoms with E-state index in [4.69, 9.17) is 16.9 Å². The molecule has 1 rings (SSSR count). The first-order chi connectivity index (χ1) is 6.99. The molecule has 5 N–H and O–H groups in total. The predicted molar refractivity (Wildman–Crippen MR) is 62.6 cm³/mol. The Morgan fingerprint density at radius 2 is 2.27 bits per heavy atom. The maximum Gasteiger partial charge on any atom is 0.221 e. The Morgan fingerprint density at radius 3 is 2.73 bits per heavy atom. The van der Waals surface area contributed by atoms with Gasteiger partial charge in [0.05, 0.1) is 0 Å². The summed E-state index contributed by atoms with van der Waals surface area (Å²) < 4.78 is 0. The van der Waals surface area contributed by atoms with E-state index in [0.717, 1.165) is 6.42 Å². The monoisotopic (exact) mass is 207 g/mol. The van der Waals surface area contributed by atoms with Crippen molar-refractivity contribution in [2.45, 2.75) is 13.3 Å². The largest absolute Gasteiger partial charge is 0.370 e. The number of likely N-dealkylation sites (N-methyl/N-ethyl adjacent to an activating group) is 1. The van der Waals surface area contributed by atoms with Crippen LogP contribution in [-0.2, 0) is 0 Å². The molecule has 15 heavy (non-hydrogen) atoms. The Morgan fingerprint density at radius 1 is 1.60 bits per heavy atom. The Balaban J connectivity index is 2.53. The average Bonchev–Trinajstić information content (AvgIpc) is 2.50. The Labute approximate surface area is 89.7 Å². The quantitative estimate of drug-likeness (QED) is 0.452. The Kier molecular flexibility index (Phi) is 3.49. The van der Waals surface area contributed by atoms with Gasteiger partial charge in [-0.15, -0.1) is 0 Å². The first-order valence-electron chi connectivity index (χ1n) is 4.74. The van der Waals surface area contributed by atoms with Gasteiger partial charge in [0.1, 0.15) is 0 Å². The van der Waals surface area contributed by atoms with Crippen LogP contribution in [0.15, 0.2) is 28.3 Å². The number of aliphatic imine (C=N–C) groups is 1. The number of allylic oxidation sites excluding steroid dienone is 2. The second-order valence-corrected chi connectivity index (χ2v) is 3.69. The first-order valence-corrected chi connectivity index (χ1v) is 4.74. The first kappa shape index (κ1) is 11.3. The van der Waals surface area contributed by atoms with E-state index >= 15 is 0 Å². The van der Waals surface area contributed by atoms with Crippen molar-refractivity contribution in [2.24, 2.45) is 16.5 Å². The number of hydrogen-bond donors (Lipinski definition) is 3. The van der Waals surface area contributed by atoms with Crippen LogP contribution in [0.25, 0.3) is 0 Å². The van der Waals surface area contributed by atoms with Gasteiger partial charge in [0.25, 0.3) is 0 Å². The molecular formula is C10H17N5. The molecule has 0 aromatic rings. The number of nitrogens with two attached hydrogens (primary N) is 2. The van der Waals surface area contributed by atoms with Crippen LogP contribution in [0.4, 0.5) is 0 Å². The molecular weight excluding hydrogens is 190 g/mol. The molecule has 0 radical (unpaired) electrons. The van der Waals surface area contributed by atoms with Crippen molar-refractivity contribution in [3.8, 4) is 0 Å². The summed E-state index contributed by atoms with van der Waals surface area (Å²) in [6.45, 7) is 2.75. The summed E-state index contributed by atoms with van der Waals surface area (Å²) in [5.41, 5.74) is 12.9. The van der Waals surface area contributed by atoms with Crippen molar-refractivity contribution in [1.29, 1.82) is 5.41 Å². The third kappa shape index (κ3) is 3.46. The van der Waals surface area contributed by atoms with Crippen LogP contribution in [0, 0.1) is 5.41 Å². The molecule has 82 valence electrons. The van der Waals surface area contributed by atoms with Crippen LogP contribution >= 0.6 is 0 Å². The number of nitrogens with one attached hydrogen (secondary N) is 1. The molecule has 0 spiro atoms. The van der Waals surface area contributed by atoms with Gasteiger partial charge in [0.2, 0.25) is 5.96 Å². The molecule has 0 aromatic heterocycles. The summed E-state index contributed by atoms with van der Waals surface area (Å²) in [5, 5.41) is 7.57. The van der Waals surface area contributed by atoms with E-state index in [9.17, 15) is 0 Å². The minimum absolute atomic E-state index is 0.0776. The molecule has 0 aromatic carbocycles. The molecule has 0 atom stereocenters. The van der Waals surface area contributed by atoms with Crippen molar-refractivity contribution < 1.29 is 0 Å². The van der Waals surface area contributed by atoms with Gasteiger partial charge in [-0.1, -0.05) is 17.7 Å². The van der Waals surface area contributed by atoms with Crippen LogP contribution < -0.4 is 11.5 Å². The summed E-state index contributed by atoms with van der Waals surface area (Å²) in [4.78, 5) is 5.37. The molecule has 0 fully saturated rings. The summed E-state index contributed by atoms with van der Waals surface area (Å²) in [7, 11) is 1.79. The molecule has 1 aliphatic rings. The van der Waals surface area contributed by atoms with E-state index in [-0.39, 0.29) is 11.9 Å². The van der Waals surface area contributed by atoms with Gasteiger partial charge in [-0.25, -0.2) is 0 Å². The molecule has 0 amide bonds. The Hall–Kier alpha value is -1.78. The fourth-order valence-electron chi connectivity index (χ4n) is 1.39. The smallest absolute Gasteiger partial charge is 0.221 e. The highest BCUT2D eigenvalue weighted by Crippen LogP contribution is 2.17. The van der Waals surface area contributed by atoms with Gasteiger partial charge in [-0.3, -0.25) is 5.41 Å². The molecule has 5 nitrogen and oxygen atoms in total.